The molecule has 4 heteroatoms. The maximum atomic E-state index is 5.22. The van der Waals surface area contributed by atoms with Gasteiger partial charge in [-0.05, 0) is 43.5 Å². The number of aromatic nitrogens is 2. The molecule has 1 N–H and O–H groups in total. The molecule has 0 fully saturated rings. The maximum Gasteiger partial charge on any atom is 0.177 e. The fourth-order valence-electron chi connectivity index (χ4n) is 1.49. The van der Waals surface area contributed by atoms with Gasteiger partial charge in [-0.25, -0.2) is 0 Å². The van der Waals surface area contributed by atoms with Gasteiger partial charge in [0.25, 0.3) is 0 Å². The first-order valence-electron chi connectivity index (χ1n) is 5.05. The van der Waals surface area contributed by atoms with Crippen molar-refractivity contribution >= 4 is 24.0 Å². The van der Waals surface area contributed by atoms with E-state index in [0.717, 1.165) is 17.7 Å². The molecular weight excluding hydrogens is 212 g/mol. The predicted octanol–water partition coefficient (Wildman–Crippen LogP) is 3.25. The Morgan fingerprint density at radius 2 is 2.29 bits per heavy atom. The number of nitrogens with one attached hydrogen (secondary N) is 1. The summed E-state index contributed by atoms with van der Waals surface area (Å²) in [5, 5.41) is 0. The first-order valence-corrected chi connectivity index (χ1v) is 6.85. The molecule has 0 aromatic carbocycles. The Morgan fingerprint density at radius 1 is 1.50 bits per heavy atom. The molecule has 0 aliphatic rings. The van der Waals surface area contributed by atoms with E-state index in [4.69, 9.17) is 12.2 Å². The lowest BCUT2D eigenvalue weighted by Crippen LogP contribution is -2.02. The van der Waals surface area contributed by atoms with E-state index in [9.17, 15) is 0 Å². The third-order valence-electron chi connectivity index (χ3n) is 2.30. The van der Waals surface area contributed by atoms with Crippen LogP contribution in [0.4, 0.5) is 0 Å². The monoisotopic (exact) mass is 230 g/mol. The summed E-state index contributed by atoms with van der Waals surface area (Å²) in [5.74, 6) is 1.25. The highest BCUT2D eigenvalue weighted by molar-refractivity contribution is 7.98. The number of aryl methyl sites for hydroxylation is 1. The van der Waals surface area contributed by atoms with Crippen molar-refractivity contribution in [3.63, 3.8) is 0 Å². The fourth-order valence-corrected chi connectivity index (χ4v) is 2.25. The van der Waals surface area contributed by atoms with Crippen molar-refractivity contribution in [2.75, 3.05) is 12.0 Å². The van der Waals surface area contributed by atoms with Gasteiger partial charge in [0.2, 0.25) is 0 Å². The van der Waals surface area contributed by atoms with Crippen LogP contribution in [0.15, 0.2) is 6.20 Å². The van der Waals surface area contributed by atoms with E-state index in [0.29, 0.717) is 0 Å². The number of thioether (sulfide) groups is 1. The normalized spacial score (nSPS) is 10.7. The molecule has 0 radical (unpaired) electrons. The van der Waals surface area contributed by atoms with Gasteiger partial charge in [-0.3, -0.25) is 0 Å². The van der Waals surface area contributed by atoms with Crippen molar-refractivity contribution in [2.24, 2.45) is 0 Å². The number of hydrogen-bond acceptors (Lipinski definition) is 2. The third-order valence-corrected chi connectivity index (χ3v) is 3.33. The van der Waals surface area contributed by atoms with Gasteiger partial charge < -0.3 is 9.55 Å². The van der Waals surface area contributed by atoms with Crippen LogP contribution in [0.1, 0.15) is 25.5 Å². The molecule has 0 amide bonds. The van der Waals surface area contributed by atoms with Gasteiger partial charge in [0.15, 0.2) is 4.77 Å². The van der Waals surface area contributed by atoms with Crippen LogP contribution in [0.5, 0.6) is 0 Å². The second-order valence-corrected chi connectivity index (χ2v) is 4.66. The molecule has 2 nitrogen and oxygen atoms in total. The van der Waals surface area contributed by atoms with Crippen molar-refractivity contribution in [1.82, 2.24) is 9.55 Å². The minimum Gasteiger partial charge on any atom is -0.337 e. The Hall–Kier alpha value is -0.220. The lowest BCUT2D eigenvalue weighted by atomic mass is 10.3. The van der Waals surface area contributed by atoms with Crippen molar-refractivity contribution in [3.8, 4) is 0 Å². The van der Waals surface area contributed by atoms with Crippen molar-refractivity contribution in [3.05, 3.63) is 16.7 Å². The number of aromatic amines is 1. The second kappa shape index (κ2) is 6.30. The van der Waals surface area contributed by atoms with E-state index < -0.39 is 0 Å². The van der Waals surface area contributed by atoms with Gasteiger partial charge in [0, 0.05) is 18.4 Å². The quantitative estimate of drug-likeness (QED) is 0.598. The summed E-state index contributed by atoms with van der Waals surface area (Å²) >= 11 is 7.13. The first kappa shape index (κ1) is 11.9. The lowest BCUT2D eigenvalue weighted by Gasteiger charge is -2.05. The maximum absolute atomic E-state index is 5.22. The Morgan fingerprint density at radius 3 is 2.93 bits per heavy atom. The zero-order valence-corrected chi connectivity index (χ0v) is 10.5. The minimum atomic E-state index is 0.867. The van der Waals surface area contributed by atoms with Crippen molar-refractivity contribution < 1.29 is 0 Å². The minimum absolute atomic E-state index is 0.867. The van der Waals surface area contributed by atoms with Gasteiger partial charge in [-0.1, -0.05) is 6.92 Å². The molecule has 0 bridgehead atoms. The second-order valence-electron chi connectivity index (χ2n) is 3.29. The molecule has 1 rings (SSSR count). The zero-order chi connectivity index (χ0) is 10.4. The number of nitrogens with zero attached hydrogens (tertiary/aromatic N) is 1. The first-order chi connectivity index (χ1) is 6.79. The van der Waals surface area contributed by atoms with Crippen molar-refractivity contribution in [2.45, 2.75) is 32.7 Å². The molecule has 0 aliphatic heterocycles. The molecule has 0 saturated heterocycles. The number of imidazole rings is 1. The lowest BCUT2D eigenvalue weighted by molar-refractivity contribution is 0.607. The molecule has 0 spiro atoms. The van der Waals surface area contributed by atoms with Crippen LogP contribution in [0.3, 0.4) is 0 Å². The van der Waals surface area contributed by atoms with Gasteiger partial charge in [-0.15, -0.1) is 0 Å². The molecule has 80 valence electrons. The van der Waals surface area contributed by atoms with Crippen LogP contribution >= 0.6 is 24.0 Å². The third kappa shape index (κ3) is 3.17. The van der Waals surface area contributed by atoms with Crippen LogP contribution in [0.25, 0.3) is 0 Å². The topological polar surface area (TPSA) is 20.7 Å². The van der Waals surface area contributed by atoms with E-state index in [1.165, 1.54) is 24.3 Å². The van der Waals surface area contributed by atoms with E-state index in [1.807, 2.05) is 18.0 Å². The van der Waals surface area contributed by atoms with E-state index in [-0.39, 0.29) is 0 Å². The van der Waals surface area contributed by atoms with Crippen LogP contribution in [-0.2, 0) is 13.0 Å². The van der Waals surface area contributed by atoms with Crippen LogP contribution in [0, 0.1) is 4.77 Å². The molecule has 0 atom stereocenters. The number of unbranched alkanes of at least 4 members (excludes halogenated alkanes) is 1. The van der Waals surface area contributed by atoms with Crippen LogP contribution in [0.2, 0.25) is 0 Å². The molecule has 1 aromatic heterocycles. The summed E-state index contributed by atoms with van der Waals surface area (Å²) in [5.41, 5.74) is 1.32. The number of rotatable bonds is 6. The summed E-state index contributed by atoms with van der Waals surface area (Å²) < 4.78 is 3.08. The molecule has 0 saturated carbocycles. The summed E-state index contributed by atoms with van der Waals surface area (Å²) in [4.78, 5) is 3.10. The highest BCUT2D eigenvalue weighted by Crippen LogP contribution is 2.06. The highest BCUT2D eigenvalue weighted by Gasteiger charge is 2.00. The molecule has 0 aliphatic carbocycles. The Kier molecular flexibility index (Phi) is 5.33. The van der Waals surface area contributed by atoms with E-state index in [2.05, 4.69) is 22.7 Å². The standard InChI is InChI=1S/C10H18N2S2/c1-3-9-8-11-10(13)12(9)6-4-5-7-14-2/h8H,3-7H2,1-2H3,(H,11,13). The van der Waals surface area contributed by atoms with Gasteiger partial charge in [-0.2, -0.15) is 11.8 Å². The fraction of sp³-hybridized carbons (Fsp3) is 0.700. The predicted molar refractivity (Wildman–Crippen MR) is 66.6 cm³/mol. The van der Waals surface area contributed by atoms with Crippen molar-refractivity contribution in [1.29, 1.82) is 0 Å². The van der Waals surface area contributed by atoms with Gasteiger partial charge in [0.05, 0.1) is 0 Å². The summed E-state index contributed by atoms with van der Waals surface area (Å²) in [6, 6.07) is 0. The smallest absolute Gasteiger partial charge is 0.177 e. The molecule has 0 unspecified atom stereocenters. The summed E-state index contributed by atoms with van der Waals surface area (Å²) in [6.07, 6.45) is 7.73. The average molecular weight is 230 g/mol. The largest absolute Gasteiger partial charge is 0.337 e. The van der Waals surface area contributed by atoms with E-state index >= 15 is 0 Å². The van der Waals surface area contributed by atoms with E-state index in [1.54, 1.807) is 0 Å². The molecule has 1 aromatic rings. The molecule has 14 heavy (non-hydrogen) atoms. The average Bonchev–Trinajstić information content (AvgIpc) is 2.55. The SMILES string of the molecule is CCc1c[nH]c(=S)n1CCCCSC. The van der Waals surface area contributed by atoms with Crippen LogP contribution in [-0.4, -0.2) is 21.6 Å². The summed E-state index contributed by atoms with van der Waals surface area (Å²) in [7, 11) is 0. The van der Waals surface area contributed by atoms with Gasteiger partial charge >= 0.3 is 0 Å². The van der Waals surface area contributed by atoms with Gasteiger partial charge in [0.1, 0.15) is 0 Å². The Balaban J connectivity index is 2.48. The number of hydrogen-bond donors (Lipinski definition) is 1. The highest BCUT2D eigenvalue weighted by atomic mass is 32.2. The number of H-pyrrole nitrogens is 1. The zero-order valence-electron chi connectivity index (χ0n) is 8.88. The summed E-state index contributed by atoms with van der Waals surface area (Å²) in [6.45, 7) is 3.22. The van der Waals surface area contributed by atoms with Crippen LogP contribution < -0.4 is 0 Å². The molecular formula is C10H18N2S2. The molecule has 1 heterocycles. The Bertz CT molecular complexity index is 314. The Labute approximate surface area is 95.1 Å².